The van der Waals surface area contributed by atoms with Crippen molar-refractivity contribution in [1.82, 2.24) is 10.2 Å². The quantitative estimate of drug-likeness (QED) is 0.163. The summed E-state index contributed by atoms with van der Waals surface area (Å²) in [5.41, 5.74) is -0.299. The molecule has 0 radical (unpaired) electrons. The number of rotatable bonds is 14. The lowest BCUT2D eigenvalue weighted by Gasteiger charge is -2.38. The highest BCUT2D eigenvalue weighted by molar-refractivity contribution is 9.09. The molecule has 10 nitrogen and oxygen atoms in total. The van der Waals surface area contributed by atoms with E-state index in [1.165, 1.54) is 9.80 Å². The van der Waals surface area contributed by atoms with Crippen molar-refractivity contribution in [1.29, 1.82) is 0 Å². The number of ether oxygens (including phenoxy) is 2. The normalized spacial score (nSPS) is 27.5. The Bertz CT molecular complexity index is 1560. The smallest absolute Gasteiger partial charge is 0.313 e. The number of anilines is 1. The predicted molar refractivity (Wildman–Crippen MR) is 185 cm³/mol. The Morgan fingerprint density at radius 3 is 2.50 bits per heavy atom. The van der Waals surface area contributed by atoms with Crippen LogP contribution in [0.4, 0.5) is 5.69 Å². The summed E-state index contributed by atoms with van der Waals surface area (Å²) in [7, 11) is 0. The van der Waals surface area contributed by atoms with Gasteiger partial charge in [-0.25, -0.2) is 0 Å². The van der Waals surface area contributed by atoms with Gasteiger partial charge in [-0.05, 0) is 44.4 Å². The van der Waals surface area contributed by atoms with Crippen LogP contribution in [0.25, 0.3) is 0 Å². The number of fused-ring (bicyclic) bond motifs is 1. The van der Waals surface area contributed by atoms with Crippen molar-refractivity contribution >= 4 is 56.9 Å². The summed E-state index contributed by atoms with van der Waals surface area (Å²) in [6.45, 7) is 10.6. The summed E-state index contributed by atoms with van der Waals surface area (Å²) >= 11 is 10.2. The van der Waals surface area contributed by atoms with E-state index in [9.17, 15) is 24.3 Å². The number of nitrogens with zero attached hydrogens (tertiary/aromatic N) is 2. The topological polar surface area (TPSA) is 125 Å². The molecule has 2 bridgehead atoms. The number of para-hydroxylation sites is 1. The fourth-order valence-corrected chi connectivity index (χ4v) is 8.55. The van der Waals surface area contributed by atoms with E-state index in [-0.39, 0.29) is 30.1 Å². The van der Waals surface area contributed by atoms with Crippen LogP contribution in [-0.4, -0.2) is 81.5 Å². The minimum Gasteiger partial charge on any atom is -0.455 e. The van der Waals surface area contributed by atoms with E-state index in [1.54, 1.807) is 62.4 Å². The van der Waals surface area contributed by atoms with E-state index in [1.807, 2.05) is 18.2 Å². The number of alkyl halides is 1. The van der Waals surface area contributed by atoms with Gasteiger partial charge in [-0.3, -0.25) is 19.2 Å². The highest BCUT2D eigenvalue weighted by Gasteiger charge is 2.77. The molecule has 3 heterocycles. The summed E-state index contributed by atoms with van der Waals surface area (Å²) in [6.07, 6.45) is 2.58. The molecule has 3 amide bonds. The van der Waals surface area contributed by atoms with Gasteiger partial charge in [-0.15, -0.1) is 13.2 Å². The molecule has 3 saturated heterocycles. The van der Waals surface area contributed by atoms with E-state index < -0.39 is 72.2 Å². The van der Waals surface area contributed by atoms with Crippen LogP contribution in [0.15, 0.2) is 79.9 Å². The number of halogens is 2. The van der Waals surface area contributed by atoms with Crippen molar-refractivity contribution in [3.63, 3.8) is 0 Å². The first-order chi connectivity index (χ1) is 23.0. The van der Waals surface area contributed by atoms with Crippen LogP contribution in [0.5, 0.6) is 0 Å². The molecule has 9 atom stereocenters. The summed E-state index contributed by atoms with van der Waals surface area (Å²) in [5.74, 6) is -3.96. The summed E-state index contributed by atoms with van der Waals surface area (Å²) in [4.78, 5) is 58.6. The van der Waals surface area contributed by atoms with Crippen LogP contribution < -0.4 is 10.2 Å². The molecular formula is C36H41BrClN3O7. The van der Waals surface area contributed by atoms with Gasteiger partial charge >= 0.3 is 5.97 Å². The minimum atomic E-state index is -1.40. The summed E-state index contributed by atoms with van der Waals surface area (Å²) in [6, 6.07) is 13.4. The molecule has 256 valence electrons. The Balaban J connectivity index is 1.52. The third-order valence-electron chi connectivity index (χ3n) is 9.48. The Kier molecular flexibility index (Phi) is 11.1. The van der Waals surface area contributed by atoms with Crippen LogP contribution in [0.2, 0.25) is 5.02 Å². The maximum Gasteiger partial charge on any atom is 0.313 e. The van der Waals surface area contributed by atoms with Gasteiger partial charge in [0.25, 0.3) is 5.91 Å². The van der Waals surface area contributed by atoms with Gasteiger partial charge in [0.1, 0.15) is 17.7 Å². The van der Waals surface area contributed by atoms with Crippen LogP contribution >= 0.6 is 27.5 Å². The van der Waals surface area contributed by atoms with E-state index in [4.69, 9.17) is 21.1 Å². The molecule has 2 aromatic carbocycles. The number of hydrogen-bond acceptors (Lipinski definition) is 7. The fraction of sp³-hybridized carbons (Fsp3) is 0.444. The summed E-state index contributed by atoms with van der Waals surface area (Å²) < 4.78 is 12.8. The van der Waals surface area contributed by atoms with Crippen LogP contribution in [0.1, 0.15) is 44.8 Å². The van der Waals surface area contributed by atoms with Gasteiger partial charge in [-0.2, -0.15) is 0 Å². The second-order valence-electron chi connectivity index (χ2n) is 12.6. The second-order valence-corrected chi connectivity index (χ2v) is 14.2. The zero-order valence-electron chi connectivity index (χ0n) is 27.0. The molecule has 1 spiro atoms. The number of allylic oxidation sites excluding steroid dienone is 1. The largest absolute Gasteiger partial charge is 0.455 e. The highest BCUT2D eigenvalue weighted by Crippen LogP contribution is 2.61. The Morgan fingerprint density at radius 2 is 1.85 bits per heavy atom. The van der Waals surface area contributed by atoms with Gasteiger partial charge in [0.2, 0.25) is 11.8 Å². The lowest BCUT2D eigenvalue weighted by Crippen LogP contribution is -2.58. The molecule has 0 saturated carbocycles. The first-order valence-corrected chi connectivity index (χ1v) is 17.4. The molecule has 48 heavy (non-hydrogen) atoms. The van der Waals surface area contributed by atoms with Gasteiger partial charge in [-0.1, -0.05) is 82.1 Å². The van der Waals surface area contributed by atoms with Crippen LogP contribution in [-0.2, 0) is 28.7 Å². The fourth-order valence-electron chi connectivity index (χ4n) is 7.37. The number of benzene rings is 2. The van der Waals surface area contributed by atoms with Crippen molar-refractivity contribution in [3.8, 4) is 0 Å². The molecular weight excluding hydrogens is 702 g/mol. The summed E-state index contributed by atoms with van der Waals surface area (Å²) in [5, 5.41) is 13.5. The van der Waals surface area contributed by atoms with Gasteiger partial charge in [0, 0.05) is 17.8 Å². The predicted octanol–water partition coefficient (Wildman–Crippen LogP) is 4.74. The van der Waals surface area contributed by atoms with Crippen molar-refractivity contribution in [2.45, 2.75) is 73.9 Å². The van der Waals surface area contributed by atoms with Crippen LogP contribution in [0, 0.1) is 11.8 Å². The second kappa shape index (κ2) is 14.9. The number of esters is 1. The molecule has 0 aromatic heterocycles. The average Bonchev–Trinajstić information content (AvgIpc) is 3.68. The number of carbonyl (C=O) groups is 4. The number of carbonyl (C=O) groups excluding carboxylic acids is 4. The number of likely N-dealkylation sites (tertiary alicyclic amines) is 1. The zero-order valence-corrected chi connectivity index (χ0v) is 29.3. The Hall–Kier alpha value is -3.51. The molecule has 2 aromatic rings. The van der Waals surface area contributed by atoms with E-state index in [0.29, 0.717) is 22.7 Å². The molecule has 3 fully saturated rings. The minimum absolute atomic E-state index is 0.0944. The number of aliphatic hydroxyl groups is 1. The highest BCUT2D eigenvalue weighted by atomic mass is 79.9. The molecule has 0 aliphatic carbocycles. The molecule has 12 heteroatoms. The van der Waals surface area contributed by atoms with Crippen molar-refractivity contribution in [3.05, 3.63) is 90.5 Å². The van der Waals surface area contributed by atoms with E-state index >= 15 is 0 Å². The van der Waals surface area contributed by atoms with E-state index in [2.05, 4.69) is 34.4 Å². The standard InChI is InChI=1S/C36H41BrClN3O7/c1-5-7-17-27(43)39-22(4)30(23-13-9-8-10-14-23)47-35(46)28-29-33(44)41(21(3)20-42)32(36(29)19-24(37)31(28)48-36)34(45)40(18-6-2)26-16-12-11-15-25(26)38/h5-6,8-16,21-22,24,28-32,42H,1-2,7,17-20H2,3-4H3,(H,39,43)/t21-,22-,24?,28+,29-,30-,31+,32+,36-/m1/s1. The van der Waals surface area contributed by atoms with Gasteiger partial charge in [0.15, 0.2) is 0 Å². The molecule has 3 aliphatic rings. The SMILES string of the molecule is C=CCCC(=O)N[C@H](C)[C@@H](OC(=O)[C@@H]1[C@H]2O[C@@]3(CC2Br)[C@H](C(=O)N(CC=C)c2ccccc2Cl)N([C@H](C)CO)C(=O)[C@@H]13)c1ccccc1. The van der Waals surface area contributed by atoms with Crippen molar-refractivity contribution in [2.24, 2.45) is 11.8 Å². The molecule has 5 rings (SSSR count). The van der Waals surface area contributed by atoms with Gasteiger partial charge < -0.3 is 29.7 Å². The maximum atomic E-state index is 14.7. The van der Waals surface area contributed by atoms with Crippen molar-refractivity contribution < 1.29 is 33.8 Å². The number of amides is 3. The maximum absolute atomic E-state index is 14.7. The third-order valence-corrected chi connectivity index (χ3v) is 10.6. The molecule has 3 aliphatic heterocycles. The Morgan fingerprint density at radius 1 is 1.17 bits per heavy atom. The molecule has 2 N–H and O–H groups in total. The third kappa shape index (κ3) is 6.45. The number of hydrogen-bond donors (Lipinski definition) is 2. The number of nitrogens with one attached hydrogen (secondary N) is 1. The van der Waals surface area contributed by atoms with Gasteiger partial charge in [0.05, 0.1) is 47.3 Å². The first-order valence-electron chi connectivity index (χ1n) is 16.1. The number of aliphatic hydroxyl groups excluding tert-OH is 1. The average molecular weight is 743 g/mol. The molecule has 1 unspecified atom stereocenters. The Labute approximate surface area is 294 Å². The zero-order chi connectivity index (χ0) is 34.7. The van der Waals surface area contributed by atoms with Crippen LogP contribution in [0.3, 0.4) is 0 Å². The van der Waals surface area contributed by atoms with E-state index in [0.717, 1.165) is 0 Å². The van der Waals surface area contributed by atoms with Crippen molar-refractivity contribution in [2.75, 3.05) is 18.1 Å². The lowest BCUT2D eigenvalue weighted by molar-refractivity contribution is -0.162. The lowest BCUT2D eigenvalue weighted by atomic mass is 9.70. The first kappa shape index (κ1) is 35.8. The monoisotopic (exact) mass is 741 g/mol.